The molecule has 0 aliphatic carbocycles. The lowest BCUT2D eigenvalue weighted by Crippen LogP contribution is -2.29. The number of benzene rings is 1. The van der Waals surface area contributed by atoms with Gasteiger partial charge in [0.25, 0.3) is 5.91 Å². The molecule has 0 spiro atoms. The van der Waals surface area contributed by atoms with Gasteiger partial charge in [-0.2, -0.15) is 0 Å². The molecule has 19 heavy (non-hydrogen) atoms. The molecule has 0 saturated heterocycles. The maximum absolute atomic E-state index is 11.8. The van der Waals surface area contributed by atoms with Gasteiger partial charge in [0.2, 0.25) is 0 Å². The van der Waals surface area contributed by atoms with Gasteiger partial charge in [-0.15, -0.1) is 0 Å². The molecule has 0 atom stereocenters. The Labute approximate surface area is 111 Å². The molecule has 4 heteroatoms. The van der Waals surface area contributed by atoms with E-state index < -0.39 is 0 Å². The van der Waals surface area contributed by atoms with Crippen molar-refractivity contribution in [3.63, 3.8) is 0 Å². The van der Waals surface area contributed by atoms with E-state index in [1.165, 1.54) is 6.20 Å². The average Bonchev–Trinajstić information content (AvgIpc) is 2.46. The van der Waals surface area contributed by atoms with Gasteiger partial charge in [-0.25, -0.2) is 0 Å². The molecular formula is C15H14N2O2. The van der Waals surface area contributed by atoms with Gasteiger partial charge >= 0.3 is 0 Å². The molecule has 0 radical (unpaired) electrons. The normalized spacial score (nSPS) is 9.95. The topological polar surface area (TPSA) is 59.1 Å². The van der Waals surface area contributed by atoms with E-state index in [4.69, 9.17) is 0 Å². The van der Waals surface area contributed by atoms with Crippen LogP contribution in [0.1, 0.15) is 26.4 Å². The number of carbonyl (C=O) groups is 2. The quantitative estimate of drug-likeness (QED) is 0.849. The van der Waals surface area contributed by atoms with E-state index in [0.717, 1.165) is 5.69 Å². The Balaban J connectivity index is 1.94. The standard InChI is InChI=1S/C15H14N2O2/c1-11-7-8-13(9-16-11)15(19)17-10-14(18)12-5-3-2-4-6-12/h2-9H,10H2,1H3,(H,17,19). The zero-order chi connectivity index (χ0) is 13.7. The first-order valence-electron chi connectivity index (χ1n) is 5.96. The summed E-state index contributed by atoms with van der Waals surface area (Å²) in [7, 11) is 0. The van der Waals surface area contributed by atoms with Gasteiger partial charge in [-0.05, 0) is 19.1 Å². The van der Waals surface area contributed by atoms with Gasteiger partial charge in [0.1, 0.15) is 0 Å². The lowest BCUT2D eigenvalue weighted by atomic mass is 10.1. The van der Waals surface area contributed by atoms with Crippen LogP contribution in [0.3, 0.4) is 0 Å². The molecule has 0 aliphatic heterocycles. The molecule has 1 aromatic heterocycles. The molecule has 0 bridgehead atoms. The summed E-state index contributed by atoms with van der Waals surface area (Å²) in [6, 6.07) is 12.3. The van der Waals surface area contributed by atoms with Crippen LogP contribution in [-0.4, -0.2) is 23.2 Å². The van der Waals surface area contributed by atoms with Crippen LogP contribution in [0.25, 0.3) is 0 Å². The van der Waals surface area contributed by atoms with E-state index >= 15 is 0 Å². The number of hydrogen-bond donors (Lipinski definition) is 1. The monoisotopic (exact) mass is 254 g/mol. The molecule has 0 fully saturated rings. The molecule has 1 aromatic carbocycles. The third-order valence-electron chi connectivity index (χ3n) is 2.68. The minimum Gasteiger partial charge on any atom is -0.345 e. The second kappa shape index (κ2) is 5.91. The minimum absolute atomic E-state index is 0.0171. The van der Waals surface area contributed by atoms with E-state index in [1.54, 1.807) is 36.4 Å². The summed E-state index contributed by atoms with van der Waals surface area (Å²) in [4.78, 5) is 27.6. The predicted octanol–water partition coefficient (Wildman–Crippen LogP) is 2.00. The zero-order valence-electron chi connectivity index (χ0n) is 10.6. The SMILES string of the molecule is Cc1ccc(C(=O)NCC(=O)c2ccccc2)cn1. The Morgan fingerprint density at radius 3 is 2.42 bits per heavy atom. The second-order valence-electron chi connectivity index (χ2n) is 4.16. The Bertz CT molecular complexity index is 577. The molecular weight excluding hydrogens is 240 g/mol. The van der Waals surface area contributed by atoms with Gasteiger partial charge in [0.05, 0.1) is 12.1 Å². The molecule has 0 aliphatic rings. The van der Waals surface area contributed by atoms with Crippen molar-refractivity contribution in [2.75, 3.05) is 6.54 Å². The molecule has 4 nitrogen and oxygen atoms in total. The fourth-order valence-electron chi connectivity index (χ4n) is 1.59. The highest BCUT2D eigenvalue weighted by Gasteiger charge is 2.09. The highest BCUT2D eigenvalue weighted by Crippen LogP contribution is 2.01. The van der Waals surface area contributed by atoms with Crippen LogP contribution in [0, 0.1) is 6.92 Å². The molecule has 2 aromatic rings. The van der Waals surface area contributed by atoms with E-state index in [1.807, 2.05) is 13.0 Å². The summed E-state index contributed by atoms with van der Waals surface area (Å²) in [5, 5.41) is 2.59. The summed E-state index contributed by atoms with van der Waals surface area (Å²) in [5.41, 5.74) is 1.88. The molecule has 96 valence electrons. The number of Topliss-reactive ketones (excluding diaryl/α,β-unsaturated/α-hetero) is 1. The molecule has 0 saturated carbocycles. The van der Waals surface area contributed by atoms with Crippen LogP contribution >= 0.6 is 0 Å². The number of ketones is 1. The zero-order valence-corrected chi connectivity index (χ0v) is 10.6. The van der Waals surface area contributed by atoms with Crippen LogP contribution in [0.5, 0.6) is 0 Å². The Kier molecular flexibility index (Phi) is 4.03. The number of amides is 1. The minimum atomic E-state index is -0.295. The second-order valence-corrected chi connectivity index (χ2v) is 4.16. The van der Waals surface area contributed by atoms with Crippen molar-refractivity contribution in [3.05, 3.63) is 65.5 Å². The number of carbonyl (C=O) groups excluding carboxylic acids is 2. The molecule has 0 unspecified atom stereocenters. The van der Waals surface area contributed by atoms with Gasteiger partial charge in [-0.1, -0.05) is 30.3 Å². The van der Waals surface area contributed by atoms with E-state index in [0.29, 0.717) is 11.1 Å². The van der Waals surface area contributed by atoms with Crippen LogP contribution in [-0.2, 0) is 0 Å². The number of nitrogens with zero attached hydrogens (tertiary/aromatic N) is 1. The number of hydrogen-bond acceptors (Lipinski definition) is 3. The molecule has 1 amide bonds. The highest BCUT2D eigenvalue weighted by atomic mass is 16.2. The van der Waals surface area contributed by atoms with Crippen LogP contribution in [0.4, 0.5) is 0 Å². The summed E-state index contributed by atoms with van der Waals surface area (Å²) >= 11 is 0. The lowest BCUT2D eigenvalue weighted by Gasteiger charge is -2.04. The Morgan fingerprint density at radius 1 is 1.05 bits per heavy atom. The maximum atomic E-state index is 11.8. The number of rotatable bonds is 4. The van der Waals surface area contributed by atoms with E-state index in [-0.39, 0.29) is 18.2 Å². The van der Waals surface area contributed by atoms with Crippen molar-refractivity contribution in [1.29, 1.82) is 0 Å². The molecule has 1 heterocycles. The van der Waals surface area contributed by atoms with E-state index in [2.05, 4.69) is 10.3 Å². The van der Waals surface area contributed by atoms with Gasteiger partial charge in [-0.3, -0.25) is 14.6 Å². The van der Waals surface area contributed by atoms with Gasteiger partial charge in [0, 0.05) is 17.5 Å². The predicted molar refractivity (Wildman–Crippen MR) is 72.1 cm³/mol. The van der Waals surface area contributed by atoms with Crippen molar-refractivity contribution in [3.8, 4) is 0 Å². The van der Waals surface area contributed by atoms with Crippen molar-refractivity contribution >= 4 is 11.7 Å². The fraction of sp³-hybridized carbons (Fsp3) is 0.133. The van der Waals surface area contributed by atoms with Crippen molar-refractivity contribution in [1.82, 2.24) is 10.3 Å². The van der Waals surface area contributed by atoms with Crippen molar-refractivity contribution in [2.24, 2.45) is 0 Å². The smallest absolute Gasteiger partial charge is 0.253 e. The van der Waals surface area contributed by atoms with Crippen LogP contribution in [0.15, 0.2) is 48.7 Å². The fourth-order valence-corrected chi connectivity index (χ4v) is 1.59. The highest BCUT2D eigenvalue weighted by molar-refractivity contribution is 6.01. The summed E-state index contributed by atoms with van der Waals surface area (Å²) in [5.74, 6) is -0.411. The summed E-state index contributed by atoms with van der Waals surface area (Å²) < 4.78 is 0. The number of aromatic nitrogens is 1. The molecule has 1 N–H and O–H groups in total. The Hall–Kier alpha value is -2.49. The van der Waals surface area contributed by atoms with Gasteiger partial charge in [0.15, 0.2) is 5.78 Å². The van der Waals surface area contributed by atoms with Crippen molar-refractivity contribution < 1.29 is 9.59 Å². The van der Waals surface area contributed by atoms with Crippen LogP contribution < -0.4 is 5.32 Å². The summed E-state index contributed by atoms with van der Waals surface area (Å²) in [6.45, 7) is 1.83. The third-order valence-corrected chi connectivity index (χ3v) is 2.68. The first-order valence-corrected chi connectivity index (χ1v) is 5.96. The van der Waals surface area contributed by atoms with Gasteiger partial charge < -0.3 is 5.32 Å². The Morgan fingerprint density at radius 2 is 1.79 bits per heavy atom. The summed E-state index contributed by atoms with van der Waals surface area (Å²) in [6.07, 6.45) is 1.50. The average molecular weight is 254 g/mol. The largest absolute Gasteiger partial charge is 0.345 e. The number of nitrogens with one attached hydrogen (secondary N) is 1. The van der Waals surface area contributed by atoms with Crippen LogP contribution in [0.2, 0.25) is 0 Å². The third kappa shape index (κ3) is 3.48. The molecule has 2 rings (SSSR count). The van der Waals surface area contributed by atoms with E-state index in [9.17, 15) is 9.59 Å². The number of pyridine rings is 1. The maximum Gasteiger partial charge on any atom is 0.253 e. The lowest BCUT2D eigenvalue weighted by molar-refractivity contribution is 0.0904. The first-order chi connectivity index (χ1) is 9.16. The first kappa shape index (κ1) is 13.0. The van der Waals surface area contributed by atoms with Crippen molar-refractivity contribution in [2.45, 2.75) is 6.92 Å². The number of aryl methyl sites for hydroxylation is 1.